The minimum Gasteiger partial charge on any atom is -0.341 e. The van der Waals surface area contributed by atoms with E-state index in [1.165, 1.54) is 11.1 Å². The Labute approximate surface area is 142 Å². The maximum Gasteiger partial charge on any atom is 0.251 e. The molecule has 0 saturated heterocycles. The van der Waals surface area contributed by atoms with Crippen LogP contribution < -0.4 is 5.32 Å². The second-order valence-electron chi connectivity index (χ2n) is 6.34. The van der Waals surface area contributed by atoms with Gasteiger partial charge in [-0.3, -0.25) is 9.59 Å². The van der Waals surface area contributed by atoms with Crippen LogP contribution >= 0.6 is 0 Å². The molecule has 0 saturated carbocycles. The topological polar surface area (TPSA) is 49.4 Å². The lowest BCUT2D eigenvalue weighted by molar-refractivity contribution is -0.133. The van der Waals surface area contributed by atoms with Crippen molar-refractivity contribution in [2.45, 2.75) is 32.9 Å². The first-order chi connectivity index (χ1) is 11.5. The molecule has 0 spiro atoms. The van der Waals surface area contributed by atoms with Crippen molar-refractivity contribution in [3.63, 3.8) is 0 Å². The molecule has 2 amide bonds. The molecular weight excluding hydrogens is 300 g/mol. The summed E-state index contributed by atoms with van der Waals surface area (Å²) in [7, 11) is 0. The zero-order valence-electron chi connectivity index (χ0n) is 14.1. The fourth-order valence-corrected chi connectivity index (χ4v) is 3.09. The fraction of sp³-hybridized carbons (Fsp3) is 0.300. The minimum absolute atomic E-state index is 0.0366. The lowest BCUT2D eigenvalue weighted by Gasteiger charge is -2.31. The molecule has 24 heavy (non-hydrogen) atoms. The fourth-order valence-electron chi connectivity index (χ4n) is 3.09. The van der Waals surface area contributed by atoms with Crippen LogP contribution in [0.3, 0.4) is 0 Å². The second-order valence-corrected chi connectivity index (χ2v) is 6.34. The first-order valence-electron chi connectivity index (χ1n) is 8.27. The van der Waals surface area contributed by atoms with Crippen molar-refractivity contribution in [2.75, 3.05) is 6.54 Å². The summed E-state index contributed by atoms with van der Waals surface area (Å²) in [6.07, 6.45) is 0.862. The third-order valence-corrected chi connectivity index (χ3v) is 4.44. The maximum atomic E-state index is 12.7. The van der Waals surface area contributed by atoms with E-state index in [1.54, 1.807) is 13.0 Å². The molecule has 1 aliphatic rings. The zero-order valence-corrected chi connectivity index (χ0v) is 14.1. The average Bonchev–Trinajstić information content (AvgIpc) is 2.60. The number of hydrogen-bond donors (Lipinski definition) is 1. The summed E-state index contributed by atoms with van der Waals surface area (Å²) in [5, 5.41) is 2.81. The van der Waals surface area contributed by atoms with Crippen LogP contribution in [0.5, 0.6) is 0 Å². The highest BCUT2D eigenvalue weighted by Crippen LogP contribution is 2.19. The predicted molar refractivity (Wildman–Crippen MR) is 93.7 cm³/mol. The SMILES string of the molecule is Cc1cccc(C(=O)N[C@@H](C)C(=O)N2CCc3ccccc3C2)c1. The van der Waals surface area contributed by atoms with Crippen molar-refractivity contribution in [3.05, 3.63) is 70.8 Å². The van der Waals surface area contributed by atoms with E-state index >= 15 is 0 Å². The molecule has 4 heteroatoms. The summed E-state index contributed by atoms with van der Waals surface area (Å²) < 4.78 is 0. The molecule has 4 nitrogen and oxygen atoms in total. The molecule has 0 bridgehead atoms. The van der Waals surface area contributed by atoms with Gasteiger partial charge in [0.25, 0.3) is 5.91 Å². The largest absolute Gasteiger partial charge is 0.341 e. The Kier molecular flexibility index (Phi) is 4.65. The van der Waals surface area contributed by atoms with Crippen LogP contribution in [0.2, 0.25) is 0 Å². The van der Waals surface area contributed by atoms with Gasteiger partial charge in [0.05, 0.1) is 0 Å². The first kappa shape index (κ1) is 16.2. The predicted octanol–water partition coefficient (Wildman–Crippen LogP) is 2.70. The van der Waals surface area contributed by atoms with E-state index in [0.29, 0.717) is 18.7 Å². The number of hydrogen-bond acceptors (Lipinski definition) is 2. The van der Waals surface area contributed by atoms with Crippen LogP contribution in [0.25, 0.3) is 0 Å². The van der Waals surface area contributed by atoms with Gasteiger partial charge in [-0.2, -0.15) is 0 Å². The highest BCUT2D eigenvalue weighted by atomic mass is 16.2. The van der Waals surface area contributed by atoms with E-state index in [2.05, 4.69) is 17.4 Å². The molecule has 0 aliphatic carbocycles. The molecule has 2 aromatic rings. The third-order valence-electron chi connectivity index (χ3n) is 4.44. The van der Waals surface area contributed by atoms with Crippen LogP contribution in [0.15, 0.2) is 48.5 Å². The van der Waals surface area contributed by atoms with Gasteiger partial charge >= 0.3 is 0 Å². The minimum atomic E-state index is -0.539. The monoisotopic (exact) mass is 322 g/mol. The molecule has 1 heterocycles. The van der Waals surface area contributed by atoms with Crippen molar-refractivity contribution in [1.29, 1.82) is 0 Å². The summed E-state index contributed by atoms with van der Waals surface area (Å²) in [5.41, 5.74) is 4.10. The molecule has 1 atom stereocenters. The standard InChI is InChI=1S/C20H22N2O2/c1-14-6-5-9-17(12-14)19(23)21-15(2)20(24)22-11-10-16-7-3-4-8-18(16)13-22/h3-9,12,15H,10-11,13H2,1-2H3,(H,21,23)/t15-/m0/s1. The van der Waals surface area contributed by atoms with E-state index in [0.717, 1.165) is 12.0 Å². The molecule has 0 aromatic heterocycles. The van der Waals surface area contributed by atoms with Crippen molar-refractivity contribution in [1.82, 2.24) is 10.2 Å². The van der Waals surface area contributed by atoms with Gasteiger partial charge in [-0.1, -0.05) is 42.0 Å². The normalized spacial score (nSPS) is 14.7. The molecule has 2 aromatic carbocycles. The Morgan fingerprint density at radius 3 is 2.58 bits per heavy atom. The number of aryl methyl sites for hydroxylation is 1. The smallest absolute Gasteiger partial charge is 0.251 e. The third kappa shape index (κ3) is 3.48. The van der Waals surface area contributed by atoms with Gasteiger partial charge < -0.3 is 10.2 Å². The van der Waals surface area contributed by atoms with Gasteiger partial charge in [-0.25, -0.2) is 0 Å². The van der Waals surface area contributed by atoms with Crippen LogP contribution in [0.1, 0.15) is 34.0 Å². The number of amides is 2. The molecule has 1 N–H and O–H groups in total. The molecule has 1 aliphatic heterocycles. The lowest BCUT2D eigenvalue weighted by atomic mass is 9.99. The molecule has 124 valence electrons. The van der Waals surface area contributed by atoms with Gasteiger partial charge in [-0.15, -0.1) is 0 Å². The molecule has 0 fully saturated rings. The van der Waals surface area contributed by atoms with Gasteiger partial charge in [0.15, 0.2) is 0 Å². The molecular formula is C20H22N2O2. The highest BCUT2D eigenvalue weighted by Gasteiger charge is 2.25. The second kappa shape index (κ2) is 6.87. The number of carbonyl (C=O) groups excluding carboxylic acids is 2. The van der Waals surface area contributed by atoms with E-state index < -0.39 is 6.04 Å². The van der Waals surface area contributed by atoms with Crippen LogP contribution in [0, 0.1) is 6.92 Å². The van der Waals surface area contributed by atoms with Crippen LogP contribution in [-0.4, -0.2) is 29.3 Å². The van der Waals surface area contributed by atoms with Gasteiger partial charge in [-0.05, 0) is 43.5 Å². The highest BCUT2D eigenvalue weighted by molar-refractivity contribution is 5.97. The van der Waals surface area contributed by atoms with Gasteiger partial charge in [0, 0.05) is 18.7 Å². The molecule has 0 unspecified atom stereocenters. The van der Waals surface area contributed by atoms with Gasteiger partial charge in [0.2, 0.25) is 5.91 Å². The number of fused-ring (bicyclic) bond motifs is 1. The van der Waals surface area contributed by atoms with Crippen molar-refractivity contribution in [3.8, 4) is 0 Å². The Bertz CT molecular complexity index is 770. The van der Waals surface area contributed by atoms with E-state index in [-0.39, 0.29) is 11.8 Å². The summed E-state index contributed by atoms with van der Waals surface area (Å²) in [6, 6.07) is 15.0. The summed E-state index contributed by atoms with van der Waals surface area (Å²) in [5.74, 6) is -0.248. The molecule has 3 rings (SSSR count). The van der Waals surface area contributed by atoms with Crippen LogP contribution in [0.4, 0.5) is 0 Å². The Morgan fingerprint density at radius 2 is 1.83 bits per heavy atom. The molecule has 0 radical (unpaired) electrons. The summed E-state index contributed by atoms with van der Waals surface area (Å²) in [4.78, 5) is 26.8. The number of nitrogens with one attached hydrogen (secondary N) is 1. The van der Waals surface area contributed by atoms with E-state index in [4.69, 9.17) is 0 Å². The van der Waals surface area contributed by atoms with Crippen molar-refractivity contribution >= 4 is 11.8 Å². The summed E-state index contributed by atoms with van der Waals surface area (Å²) >= 11 is 0. The Hall–Kier alpha value is -2.62. The van der Waals surface area contributed by atoms with E-state index in [9.17, 15) is 9.59 Å². The lowest BCUT2D eigenvalue weighted by Crippen LogP contribution is -2.48. The van der Waals surface area contributed by atoms with Crippen molar-refractivity contribution < 1.29 is 9.59 Å². The number of rotatable bonds is 3. The number of nitrogens with zero attached hydrogens (tertiary/aromatic N) is 1. The van der Waals surface area contributed by atoms with Crippen LogP contribution in [-0.2, 0) is 17.8 Å². The average molecular weight is 322 g/mol. The summed E-state index contributed by atoms with van der Waals surface area (Å²) in [6.45, 7) is 4.99. The van der Waals surface area contributed by atoms with Crippen molar-refractivity contribution in [2.24, 2.45) is 0 Å². The Balaban J connectivity index is 1.64. The first-order valence-corrected chi connectivity index (χ1v) is 8.27. The number of benzene rings is 2. The Morgan fingerprint density at radius 1 is 1.08 bits per heavy atom. The number of carbonyl (C=O) groups is 2. The zero-order chi connectivity index (χ0) is 17.1. The van der Waals surface area contributed by atoms with Gasteiger partial charge in [0.1, 0.15) is 6.04 Å². The maximum absolute atomic E-state index is 12.7. The quantitative estimate of drug-likeness (QED) is 0.944. The van der Waals surface area contributed by atoms with E-state index in [1.807, 2.05) is 42.2 Å².